The highest BCUT2D eigenvalue weighted by Gasteiger charge is 2.43. The summed E-state index contributed by atoms with van der Waals surface area (Å²) in [7, 11) is 0. The lowest BCUT2D eigenvalue weighted by atomic mass is 10.0. The van der Waals surface area contributed by atoms with E-state index in [1.54, 1.807) is 0 Å². The first-order valence-electron chi connectivity index (χ1n) is 4.01. The highest BCUT2D eigenvalue weighted by molar-refractivity contribution is 5.75. The van der Waals surface area contributed by atoms with Crippen molar-refractivity contribution in [2.75, 3.05) is 0 Å². The van der Waals surface area contributed by atoms with Gasteiger partial charge in [-0.3, -0.25) is 4.79 Å². The number of phenolic OH excluding ortho intramolecular Hbond substituents is 1. The van der Waals surface area contributed by atoms with Gasteiger partial charge >= 0.3 is 5.97 Å². The Labute approximate surface area is 83.9 Å². The van der Waals surface area contributed by atoms with Gasteiger partial charge in [-0.25, -0.2) is 0 Å². The lowest BCUT2D eigenvalue weighted by molar-refractivity contribution is -0.149. The number of nitrogens with two attached hydrogens (primary N) is 1. The summed E-state index contributed by atoms with van der Waals surface area (Å²) in [6, 6.07) is 1.84. The molecule has 0 bridgehead atoms. The molecule has 0 fully saturated rings. The molecular formula is C9H9F2NO3. The molecular weight excluding hydrogens is 208 g/mol. The van der Waals surface area contributed by atoms with E-state index in [-0.39, 0.29) is 5.75 Å². The van der Waals surface area contributed by atoms with E-state index in [1.165, 1.54) is 12.1 Å². The van der Waals surface area contributed by atoms with Gasteiger partial charge in [0.1, 0.15) is 5.75 Å². The normalized spacial score (nSPS) is 13.5. The van der Waals surface area contributed by atoms with Crippen molar-refractivity contribution in [3.63, 3.8) is 0 Å². The van der Waals surface area contributed by atoms with E-state index < -0.39 is 23.5 Å². The zero-order valence-corrected chi connectivity index (χ0v) is 7.52. The Morgan fingerprint density at radius 1 is 1.47 bits per heavy atom. The van der Waals surface area contributed by atoms with E-state index in [0.29, 0.717) is 0 Å². The number of carbonyl (C=O) groups is 1. The van der Waals surface area contributed by atoms with Crippen LogP contribution in [0.15, 0.2) is 24.3 Å². The van der Waals surface area contributed by atoms with Crippen LogP contribution in [0.4, 0.5) is 8.78 Å². The molecule has 0 radical (unpaired) electrons. The Bertz CT molecular complexity index is 381. The number of carboxylic acid groups (broad SMARTS) is 1. The van der Waals surface area contributed by atoms with Crippen molar-refractivity contribution in [1.82, 2.24) is 0 Å². The minimum absolute atomic E-state index is 0.371. The fraction of sp³-hybridized carbons (Fsp3) is 0.222. The molecule has 4 nitrogen and oxygen atoms in total. The van der Waals surface area contributed by atoms with Gasteiger partial charge in [-0.2, -0.15) is 8.78 Å². The van der Waals surface area contributed by atoms with Crippen LogP contribution >= 0.6 is 0 Å². The molecule has 6 heteroatoms. The van der Waals surface area contributed by atoms with Crippen LogP contribution in [-0.4, -0.2) is 22.2 Å². The van der Waals surface area contributed by atoms with Crippen LogP contribution in [0.2, 0.25) is 0 Å². The number of benzene rings is 1. The van der Waals surface area contributed by atoms with Gasteiger partial charge in [0.2, 0.25) is 0 Å². The number of aromatic hydroxyl groups is 1. The van der Waals surface area contributed by atoms with Crippen molar-refractivity contribution in [2.45, 2.75) is 12.0 Å². The molecule has 0 saturated carbocycles. The maximum absolute atomic E-state index is 13.4. The number of rotatable bonds is 3. The summed E-state index contributed by atoms with van der Waals surface area (Å²) in [4.78, 5) is 10.3. The second kappa shape index (κ2) is 3.82. The van der Waals surface area contributed by atoms with Crippen molar-refractivity contribution in [3.05, 3.63) is 29.8 Å². The molecule has 0 saturated heterocycles. The Kier molecular flexibility index (Phi) is 2.90. The molecule has 1 aromatic carbocycles. The molecule has 1 aromatic rings. The van der Waals surface area contributed by atoms with E-state index in [4.69, 9.17) is 15.9 Å². The van der Waals surface area contributed by atoms with E-state index in [0.717, 1.165) is 12.1 Å². The smallest absolute Gasteiger partial charge is 0.327 e. The van der Waals surface area contributed by atoms with Crippen molar-refractivity contribution in [1.29, 1.82) is 0 Å². The number of hydrogen-bond donors (Lipinski definition) is 3. The minimum Gasteiger partial charge on any atom is -0.508 e. The maximum Gasteiger partial charge on any atom is 0.327 e. The first-order valence-corrected chi connectivity index (χ1v) is 4.01. The van der Waals surface area contributed by atoms with Crippen LogP contribution < -0.4 is 5.73 Å². The molecule has 0 aromatic heterocycles. The monoisotopic (exact) mass is 217 g/mol. The fourth-order valence-corrected chi connectivity index (χ4v) is 1.05. The third kappa shape index (κ3) is 2.21. The number of halogens is 2. The zero-order valence-electron chi connectivity index (χ0n) is 7.52. The number of phenols is 1. The predicted octanol–water partition coefficient (Wildman–Crippen LogP) is 0.896. The first kappa shape index (κ1) is 11.4. The van der Waals surface area contributed by atoms with E-state index in [2.05, 4.69) is 0 Å². The molecule has 1 unspecified atom stereocenters. The van der Waals surface area contributed by atoms with Gasteiger partial charge in [0, 0.05) is 5.56 Å². The van der Waals surface area contributed by atoms with Gasteiger partial charge in [0.25, 0.3) is 5.92 Å². The van der Waals surface area contributed by atoms with E-state index in [9.17, 15) is 13.6 Å². The first-order chi connectivity index (χ1) is 6.85. The van der Waals surface area contributed by atoms with Crippen LogP contribution in [-0.2, 0) is 10.7 Å². The second-order valence-corrected chi connectivity index (χ2v) is 2.99. The van der Waals surface area contributed by atoms with Gasteiger partial charge in [0.05, 0.1) is 0 Å². The van der Waals surface area contributed by atoms with Gasteiger partial charge in [-0.1, -0.05) is 12.1 Å². The van der Waals surface area contributed by atoms with Crippen molar-refractivity contribution in [2.24, 2.45) is 5.73 Å². The average molecular weight is 217 g/mol. The minimum atomic E-state index is -3.72. The van der Waals surface area contributed by atoms with Gasteiger partial charge in [-0.15, -0.1) is 0 Å². The molecule has 82 valence electrons. The number of hydrogen-bond acceptors (Lipinski definition) is 3. The predicted molar refractivity (Wildman–Crippen MR) is 47.6 cm³/mol. The Morgan fingerprint density at radius 2 is 2.07 bits per heavy atom. The van der Waals surface area contributed by atoms with E-state index in [1.807, 2.05) is 0 Å². The lowest BCUT2D eigenvalue weighted by Gasteiger charge is -2.20. The van der Waals surface area contributed by atoms with Crippen LogP contribution in [0, 0.1) is 0 Å². The zero-order chi connectivity index (χ0) is 11.6. The standard InChI is InChI=1S/C9H9F2NO3/c10-9(11,7(12)8(14)15)5-2-1-3-6(13)4-5/h1-4,7,13H,12H2,(H,14,15). The highest BCUT2D eigenvalue weighted by Crippen LogP contribution is 2.32. The van der Waals surface area contributed by atoms with Crippen molar-refractivity contribution >= 4 is 5.97 Å². The molecule has 0 aliphatic carbocycles. The summed E-state index contributed by atoms with van der Waals surface area (Å²) in [6.07, 6.45) is 0. The quantitative estimate of drug-likeness (QED) is 0.702. The molecule has 15 heavy (non-hydrogen) atoms. The molecule has 0 heterocycles. The van der Waals surface area contributed by atoms with Crippen LogP contribution in [0.5, 0.6) is 5.75 Å². The highest BCUT2D eigenvalue weighted by atomic mass is 19.3. The Balaban J connectivity index is 3.10. The third-order valence-electron chi connectivity index (χ3n) is 1.89. The third-order valence-corrected chi connectivity index (χ3v) is 1.89. The Hall–Kier alpha value is -1.69. The molecule has 0 aliphatic rings. The fourth-order valence-electron chi connectivity index (χ4n) is 1.05. The molecule has 1 atom stereocenters. The molecule has 0 spiro atoms. The second-order valence-electron chi connectivity index (χ2n) is 2.99. The largest absolute Gasteiger partial charge is 0.508 e. The topological polar surface area (TPSA) is 83.6 Å². The maximum atomic E-state index is 13.4. The average Bonchev–Trinajstić information content (AvgIpc) is 2.16. The summed E-state index contributed by atoms with van der Waals surface area (Å²) in [5.74, 6) is -5.89. The number of carboxylic acids is 1. The summed E-state index contributed by atoms with van der Waals surface area (Å²) >= 11 is 0. The number of alkyl halides is 2. The molecule has 0 aliphatic heterocycles. The SMILES string of the molecule is NC(C(=O)O)C(F)(F)c1cccc(O)c1. The van der Waals surface area contributed by atoms with Gasteiger partial charge in [-0.05, 0) is 12.1 Å². The van der Waals surface area contributed by atoms with Crippen molar-refractivity contribution in [3.8, 4) is 5.75 Å². The summed E-state index contributed by atoms with van der Waals surface area (Å²) in [5, 5.41) is 17.4. The van der Waals surface area contributed by atoms with Crippen LogP contribution in [0.1, 0.15) is 5.56 Å². The summed E-state index contributed by atoms with van der Waals surface area (Å²) < 4.78 is 26.7. The summed E-state index contributed by atoms with van der Waals surface area (Å²) in [6.45, 7) is 0. The Morgan fingerprint density at radius 3 is 2.53 bits per heavy atom. The van der Waals surface area contributed by atoms with Gasteiger partial charge < -0.3 is 15.9 Å². The summed E-state index contributed by atoms with van der Waals surface area (Å²) in [5.41, 5.74) is 4.22. The molecule has 1 rings (SSSR count). The van der Waals surface area contributed by atoms with Gasteiger partial charge in [0.15, 0.2) is 6.04 Å². The van der Waals surface area contributed by atoms with Crippen LogP contribution in [0.3, 0.4) is 0 Å². The van der Waals surface area contributed by atoms with E-state index >= 15 is 0 Å². The van der Waals surface area contributed by atoms with Crippen LogP contribution in [0.25, 0.3) is 0 Å². The lowest BCUT2D eigenvalue weighted by Crippen LogP contribution is -2.45. The van der Waals surface area contributed by atoms with Crippen molar-refractivity contribution < 1.29 is 23.8 Å². The number of aliphatic carboxylic acids is 1. The molecule has 0 amide bonds. The molecule has 4 N–H and O–H groups in total.